The quantitative estimate of drug-likeness (QED) is 0.893. The maximum atomic E-state index is 12.4. The largest absolute Gasteiger partial charge is 0.497 e. The summed E-state index contributed by atoms with van der Waals surface area (Å²) in [5.41, 5.74) is -0.445. The highest BCUT2D eigenvalue weighted by atomic mass is 19.3. The summed E-state index contributed by atoms with van der Waals surface area (Å²) in [6.45, 7) is 0. The molecule has 0 aliphatic carbocycles. The van der Waals surface area contributed by atoms with Crippen LogP contribution in [0.2, 0.25) is 0 Å². The Labute approximate surface area is 95.4 Å². The van der Waals surface area contributed by atoms with Gasteiger partial charge in [-0.3, -0.25) is 9.89 Å². The number of rotatable bonds is 3. The summed E-state index contributed by atoms with van der Waals surface area (Å²) in [5.74, 6) is 0.627. The third kappa shape index (κ3) is 2.20. The van der Waals surface area contributed by atoms with Gasteiger partial charge in [-0.1, -0.05) is 0 Å². The predicted octanol–water partition coefficient (Wildman–Crippen LogP) is 2.11. The Morgan fingerprint density at radius 3 is 2.41 bits per heavy atom. The molecule has 0 atom stereocenters. The molecule has 0 aliphatic heterocycles. The lowest BCUT2D eigenvalue weighted by Gasteiger charge is -2.03. The van der Waals surface area contributed by atoms with Crippen molar-refractivity contribution in [1.29, 1.82) is 0 Å². The Bertz CT molecular complexity index is 558. The van der Waals surface area contributed by atoms with E-state index in [0.717, 1.165) is 10.7 Å². The number of halogens is 2. The first-order valence-corrected chi connectivity index (χ1v) is 4.86. The van der Waals surface area contributed by atoms with Crippen molar-refractivity contribution in [1.82, 2.24) is 9.78 Å². The number of alkyl halides is 2. The fourth-order valence-corrected chi connectivity index (χ4v) is 1.45. The van der Waals surface area contributed by atoms with Crippen molar-refractivity contribution in [2.45, 2.75) is 6.43 Å². The molecular formula is C11H10F2N2O2. The van der Waals surface area contributed by atoms with Crippen LogP contribution in [0.1, 0.15) is 12.1 Å². The average Bonchev–Trinajstić information content (AvgIpc) is 2.72. The molecule has 0 spiro atoms. The van der Waals surface area contributed by atoms with Crippen molar-refractivity contribution in [2.75, 3.05) is 7.11 Å². The Morgan fingerprint density at radius 1 is 1.29 bits per heavy atom. The molecule has 2 aromatic rings. The molecule has 0 saturated carbocycles. The molecule has 0 radical (unpaired) electrons. The topological polar surface area (TPSA) is 47.0 Å². The number of nitrogens with one attached hydrogen (secondary N) is 1. The molecular weight excluding hydrogens is 230 g/mol. The van der Waals surface area contributed by atoms with Crippen LogP contribution >= 0.6 is 0 Å². The Balaban J connectivity index is 2.42. The first-order chi connectivity index (χ1) is 8.11. The van der Waals surface area contributed by atoms with Crippen molar-refractivity contribution in [3.05, 3.63) is 46.4 Å². The van der Waals surface area contributed by atoms with Gasteiger partial charge in [-0.25, -0.2) is 13.5 Å². The zero-order chi connectivity index (χ0) is 12.4. The molecule has 0 fully saturated rings. The van der Waals surface area contributed by atoms with Gasteiger partial charge in [0.15, 0.2) is 0 Å². The van der Waals surface area contributed by atoms with Gasteiger partial charge in [0.25, 0.3) is 12.0 Å². The third-order valence-electron chi connectivity index (χ3n) is 2.31. The number of benzene rings is 1. The summed E-state index contributed by atoms with van der Waals surface area (Å²) in [4.78, 5) is 11.5. The van der Waals surface area contributed by atoms with E-state index in [4.69, 9.17) is 4.74 Å². The van der Waals surface area contributed by atoms with Crippen LogP contribution in [0.4, 0.5) is 8.78 Å². The third-order valence-corrected chi connectivity index (χ3v) is 2.31. The van der Waals surface area contributed by atoms with Gasteiger partial charge in [-0.05, 0) is 24.3 Å². The molecule has 17 heavy (non-hydrogen) atoms. The minimum Gasteiger partial charge on any atom is -0.497 e. The number of methoxy groups -OCH3 is 1. The molecule has 4 nitrogen and oxygen atoms in total. The van der Waals surface area contributed by atoms with Crippen LogP contribution in [0, 0.1) is 0 Å². The number of hydrogen-bond donors (Lipinski definition) is 1. The van der Waals surface area contributed by atoms with Gasteiger partial charge in [0.05, 0.1) is 12.8 Å². The number of H-pyrrole nitrogens is 1. The van der Waals surface area contributed by atoms with Gasteiger partial charge < -0.3 is 4.74 Å². The maximum absolute atomic E-state index is 12.4. The molecule has 0 amide bonds. The van der Waals surface area contributed by atoms with Crippen LogP contribution in [0.15, 0.2) is 35.1 Å². The monoisotopic (exact) mass is 240 g/mol. The Hall–Kier alpha value is -2.11. The van der Waals surface area contributed by atoms with Crippen LogP contribution in [-0.2, 0) is 0 Å². The fraction of sp³-hybridized carbons (Fsp3) is 0.182. The number of ether oxygens (including phenoxy) is 1. The molecule has 0 unspecified atom stereocenters. The molecule has 1 N–H and O–H groups in total. The van der Waals surface area contributed by atoms with E-state index in [1.807, 2.05) is 0 Å². The number of hydrogen-bond acceptors (Lipinski definition) is 2. The molecule has 2 rings (SSSR count). The lowest BCUT2D eigenvalue weighted by molar-refractivity contribution is 0.145. The van der Waals surface area contributed by atoms with Crippen LogP contribution in [0.25, 0.3) is 5.69 Å². The van der Waals surface area contributed by atoms with Crippen molar-refractivity contribution in [2.24, 2.45) is 0 Å². The van der Waals surface area contributed by atoms with Gasteiger partial charge in [0.1, 0.15) is 11.4 Å². The highest BCUT2D eigenvalue weighted by molar-refractivity contribution is 5.36. The minimum absolute atomic E-state index is 0.397. The highest BCUT2D eigenvalue weighted by Crippen LogP contribution is 2.17. The summed E-state index contributed by atoms with van der Waals surface area (Å²) in [6, 6.07) is 7.38. The van der Waals surface area contributed by atoms with Crippen LogP contribution in [-0.4, -0.2) is 16.9 Å². The average molecular weight is 240 g/mol. The number of aromatic amines is 1. The maximum Gasteiger partial charge on any atom is 0.279 e. The van der Waals surface area contributed by atoms with Gasteiger partial charge in [-0.15, -0.1) is 0 Å². The number of nitrogens with zero attached hydrogens (tertiary/aromatic N) is 1. The highest BCUT2D eigenvalue weighted by Gasteiger charge is 2.12. The van der Waals surface area contributed by atoms with E-state index in [-0.39, 0.29) is 0 Å². The standard InChI is InChI=1S/C11H10F2N2O2/c1-17-8-4-2-7(3-5-8)15-10(16)6-9(14-15)11(12)13/h2-6,11,14H,1H3. The molecule has 1 aromatic heterocycles. The fourth-order valence-electron chi connectivity index (χ4n) is 1.45. The predicted molar refractivity (Wildman–Crippen MR) is 57.9 cm³/mol. The molecule has 1 heterocycles. The van der Waals surface area contributed by atoms with Gasteiger partial charge in [-0.2, -0.15) is 0 Å². The zero-order valence-electron chi connectivity index (χ0n) is 8.98. The van der Waals surface area contributed by atoms with Gasteiger partial charge in [0, 0.05) is 6.07 Å². The summed E-state index contributed by atoms with van der Waals surface area (Å²) in [5, 5.41) is 2.35. The minimum atomic E-state index is -2.69. The first kappa shape index (κ1) is 11.4. The van der Waals surface area contributed by atoms with Crippen molar-refractivity contribution < 1.29 is 13.5 Å². The van der Waals surface area contributed by atoms with E-state index in [0.29, 0.717) is 11.4 Å². The van der Waals surface area contributed by atoms with E-state index in [1.54, 1.807) is 24.3 Å². The van der Waals surface area contributed by atoms with Crippen molar-refractivity contribution in [3.63, 3.8) is 0 Å². The molecule has 90 valence electrons. The molecule has 0 saturated heterocycles. The normalized spacial score (nSPS) is 10.8. The van der Waals surface area contributed by atoms with E-state index in [9.17, 15) is 13.6 Å². The van der Waals surface area contributed by atoms with Crippen LogP contribution in [0.5, 0.6) is 5.75 Å². The number of aromatic nitrogens is 2. The van der Waals surface area contributed by atoms with E-state index < -0.39 is 17.7 Å². The summed E-state index contributed by atoms with van der Waals surface area (Å²) < 4.78 is 30.8. The lowest BCUT2D eigenvalue weighted by Crippen LogP contribution is -2.13. The second kappa shape index (κ2) is 4.40. The van der Waals surface area contributed by atoms with Gasteiger partial charge in [0.2, 0.25) is 0 Å². The van der Waals surface area contributed by atoms with Gasteiger partial charge >= 0.3 is 0 Å². The first-order valence-electron chi connectivity index (χ1n) is 4.86. The van der Waals surface area contributed by atoms with E-state index in [2.05, 4.69) is 5.10 Å². The Morgan fingerprint density at radius 2 is 1.94 bits per heavy atom. The van der Waals surface area contributed by atoms with E-state index >= 15 is 0 Å². The lowest BCUT2D eigenvalue weighted by atomic mass is 10.3. The second-order valence-electron chi connectivity index (χ2n) is 3.38. The smallest absolute Gasteiger partial charge is 0.279 e. The zero-order valence-corrected chi connectivity index (χ0v) is 8.98. The summed E-state index contributed by atoms with van der Waals surface area (Å²) in [6.07, 6.45) is -2.69. The van der Waals surface area contributed by atoms with Crippen LogP contribution in [0.3, 0.4) is 0 Å². The molecule has 0 bridgehead atoms. The van der Waals surface area contributed by atoms with Crippen molar-refractivity contribution >= 4 is 0 Å². The molecule has 0 aliphatic rings. The van der Waals surface area contributed by atoms with E-state index in [1.165, 1.54) is 7.11 Å². The Kier molecular flexibility index (Phi) is 2.95. The molecule has 6 heteroatoms. The summed E-state index contributed by atoms with van der Waals surface area (Å²) in [7, 11) is 1.52. The molecule has 1 aromatic carbocycles. The second-order valence-corrected chi connectivity index (χ2v) is 3.38. The van der Waals surface area contributed by atoms with Crippen molar-refractivity contribution in [3.8, 4) is 11.4 Å². The summed E-state index contributed by atoms with van der Waals surface area (Å²) >= 11 is 0. The SMILES string of the molecule is COc1ccc(-n2[nH]c(C(F)F)cc2=O)cc1. The van der Waals surface area contributed by atoms with Crippen LogP contribution < -0.4 is 10.3 Å².